The van der Waals surface area contributed by atoms with E-state index in [1.807, 2.05) is 6.92 Å². The summed E-state index contributed by atoms with van der Waals surface area (Å²) < 4.78 is 0. The van der Waals surface area contributed by atoms with E-state index in [2.05, 4.69) is 15.0 Å². The fourth-order valence-corrected chi connectivity index (χ4v) is 1.27. The van der Waals surface area contributed by atoms with E-state index in [1.54, 1.807) is 6.20 Å². The average molecular weight is 175 g/mol. The van der Waals surface area contributed by atoms with E-state index >= 15 is 0 Å². The molecule has 1 saturated carbocycles. The molecule has 1 aliphatic rings. The third-order valence-electron chi connectivity index (χ3n) is 2.05. The van der Waals surface area contributed by atoms with Crippen molar-refractivity contribution in [1.29, 1.82) is 0 Å². The molecule has 1 heterocycles. The van der Waals surface area contributed by atoms with Crippen molar-refractivity contribution in [3.63, 3.8) is 0 Å². The Balaban J connectivity index is 2.47. The van der Waals surface area contributed by atoms with Crippen LogP contribution >= 0.6 is 0 Å². The fraction of sp³-hybridized carbons (Fsp3) is 0.444. The van der Waals surface area contributed by atoms with Gasteiger partial charge in [0, 0.05) is 5.92 Å². The predicted molar refractivity (Wildman–Crippen MR) is 46.5 cm³/mol. The molecule has 66 valence electrons. The summed E-state index contributed by atoms with van der Waals surface area (Å²) in [7, 11) is 0. The minimum atomic E-state index is 0.480. The van der Waals surface area contributed by atoms with Gasteiger partial charge in [-0.25, -0.2) is 14.8 Å². The van der Waals surface area contributed by atoms with Gasteiger partial charge in [0.25, 0.3) is 0 Å². The van der Waals surface area contributed by atoms with Crippen molar-refractivity contribution in [2.75, 3.05) is 0 Å². The highest BCUT2D eigenvalue weighted by molar-refractivity contribution is 5.52. The second-order valence-corrected chi connectivity index (χ2v) is 3.17. The lowest BCUT2D eigenvalue weighted by molar-refractivity contribution is 0.565. The minimum Gasteiger partial charge on any atom is -0.239 e. The third kappa shape index (κ3) is 1.63. The summed E-state index contributed by atoms with van der Waals surface area (Å²) in [6, 6.07) is 0. The largest absolute Gasteiger partial charge is 0.240 e. The Kier molecular flexibility index (Phi) is 1.91. The Morgan fingerprint density at radius 2 is 2.38 bits per heavy atom. The smallest absolute Gasteiger partial charge is 0.239 e. The lowest BCUT2D eigenvalue weighted by Gasteiger charge is -2.00. The maximum absolute atomic E-state index is 10.1. The van der Waals surface area contributed by atoms with Crippen molar-refractivity contribution in [3.05, 3.63) is 17.7 Å². The summed E-state index contributed by atoms with van der Waals surface area (Å²) in [5.41, 5.74) is 1.47. The maximum Gasteiger partial charge on any atom is 0.240 e. The molecule has 1 aromatic rings. The van der Waals surface area contributed by atoms with Gasteiger partial charge in [-0.3, -0.25) is 0 Å². The van der Waals surface area contributed by atoms with Crippen molar-refractivity contribution < 1.29 is 4.79 Å². The van der Waals surface area contributed by atoms with Crippen LogP contribution in [0.4, 0.5) is 5.69 Å². The molecule has 0 spiro atoms. The first kappa shape index (κ1) is 8.08. The van der Waals surface area contributed by atoms with Crippen LogP contribution in [0.25, 0.3) is 0 Å². The van der Waals surface area contributed by atoms with Crippen molar-refractivity contribution >= 4 is 11.8 Å². The molecule has 1 aliphatic carbocycles. The topological polar surface area (TPSA) is 55.2 Å². The summed E-state index contributed by atoms with van der Waals surface area (Å²) in [5, 5.41) is 0. The molecule has 0 amide bonds. The summed E-state index contributed by atoms with van der Waals surface area (Å²) in [5.74, 6) is 1.21. The standard InChI is InChI=1S/C9H9N3O/c1-6-10-4-8(11-5-13)9(12-6)7-2-3-7/h4,7H,2-3H2,1H3. The van der Waals surface area contributed by atoms with Crippen LogP contribution in [0.15, 0.2) is 11.2 Å². The molecule has 1 aromatic heterocycles. The van der Waals surface area contributed by atoms with Gasteiger partial charge < -0.3 is 0 Å². The van der Waals surface area contributed by atoms with Crippen LogP contribution < -0.4 is 0 Å². The molecule has 0 saturated heterocycles. The molecule has 2 rings (SSSR count). The van der Waals surface area contributed by atoms with E-state index in [9.17, 15) is 4.79 Å². The van der Waals surface area contributed by atoms with Crippen LogP contribution in [-0.4, -0.2) is 16.0 Å². The number of aliphatic imine (C=N–C) groups is 1. The van der Waals surface area contributed by atoms with Gasteiger partial charge in [0.05, 0.1) is 11.9 Å². The van der Waals surface area contributed by atoms with E-state index in [1.165, 1.54) is 6.08 Å². The zero-order chi connectivity index (χ0) is 9.26. The van der Waals surface area contributed by atoms with Gasteiger partial charge in [-0.15, -0.1) is 0 Å². The SMILES string of the molecule is Cc1ncc(N=C=O)c(C2CC2)n1. The predicted octanol–water partition coefficient (Wildman–Crippen LogP) is 1.63. The molecule has 4 nitrogen and oxygen atoms in total. The number of aryl methyl sites for hydroxylation is 1. The number of nitrogens with zero attached hydrogens (tertiary/aromatic N) is 3. The van der Waals surface area contributed by atoms with E-state index in [4.69, 9.17) is 0 Å². The summed E-state index contributed by atoms with van der Waals surface area (Å²) in [4.78, 5) is 21.9. The molecule has 0 radical (unpaired) electrons. The molecule has 0 aromatic carbocycles. The van der Waals surface area contributed by atoms with Gasteiger partial charge in [-0.1, -0.05) is 0 Å². The molecular weight excluding hydrogens is 166 g/mol. The van der Waals surface area contributed by atoms with Gasteiger partial charge in [-0.05, 0) is 19.8 Å². The van der Waals surface area contributed by atoms with Crippen LogP contribution in [0.3, 0.4) is 0 Å². The van der Waals surface area contributed by atoms with Crippen molar-refractivity contribution in [2.45, 2.75) is 25.7 Å². The molecule has 0 unspecified atom stereocenters. The lowest BCUT2D eigenvalue weighted by atomic mass is 10.2. The van der Waals surface area contributed by atoms with Crippen LogP contribution in [0.2, 0.25) is 0 Å². The highest BCUT2D eigenvalue weighted by Crippen LogP contribution is 2.42. The molecule has 0 atom stereocenters. The number of hydrogen-bond acceptors (Lipinski definition) is 4. The number of aromatic nitrogens is 2. The van der Waals surface area contributed by atoms with E-state index in [0.717, 1.165) is 24.4 Å². The van der Waals surface area contributed by atoms with Crippen LogP contribution in [0, 0.1) is 6.92 Å². The van der Waals surface area contributed by atoms with Crippen molar-refractivity contribution in [3.8, 4) is 0 Å². The molecule has 0 aliphatic heterocycles. The monoisotopic (exact) mass is 175 g/mol. The van der Waals surface area contributed by atoms with Gasteiger partial charge in [0.2, 0.25) is 6.08 Å². The second-order valence-electron chi connectivity index (χ2n) is 3.17. The lowest BCUT2D eigenvalue weighted by Crippen LogP contribution is -1.93. The first-order valence-corrected chi connectivity index (χ1v) is 4.22. The normalized spacial score (nSPS) is 15.2. The first-order chi connectivity index (χ1) is 6.31. The summed E-state index contributed by atoms with van der Waals surface area (Å²) in [6.07, 6.45) is 5.38. The maximum atomic E-state index is 10.1. The number of isocyanates is 1. The average Bonchev–Trinajstić information content (AvgIpc) is 2.91. The Bertz CT molecular complexity index is 378. The highest BCUT2D eigenvalue weighted by atomic mass is 16.1. The highest BCUT2D eigenvalue weighted by Gasteiger charge is 2.28. The number of rotatable bonds is 2. The van der Waals surface area contributed by atoms with Crippen LogP contribution in [-0.2, 0) is 4.79 Å². The third-order valence-corrected chi connectivity index (χ3v) is 2.05. The summed E-state index contributed by atoms with van der Waals surface area (Å²) in [6.45, 7) is 1.83. The number of carbonyl (C=O) groups excluding carboxylic acids is 1. The van der Waals surface area contributed by atoms with Gasteiger partial charge >= 0.3 is 0 Å². The van der Waals surface area contributed by atoms with Gasteiger partial charge in [0.15, 0.2) is 0 Å². The van der Waals surface area contributed by atoms with Crippen LogP contribution in [0.5, 0.6) is 0 Å². The van der Waals surface area contributed by atoms with Crippen molar-refractivity contribution in [2.24, 2.45) is 4.99 Å². The minimum absolute atomic E-state index is 0.480. The Labute approximate surface area is 75.7 Å². The van der Waals surface area contributed by atoms with Crippen LogP contribution in [0.1, 0.15) is 30.3 Å². The molecule has 0 bridgehead atoms. The number of hydrogen-bond donors (Lipinski definition) is 0. The molecule has 1 fully saturated rings. The second kappa shape index (κ2) is 3.07. The molecule has 0 N–H and O–H groups in total. The Morgan fingerprint density at radius 1 is 1.62 bits per heavy atom. The fourth-order valence-electron chi connectivity index (χ4n) is 1.27. The Hall–Kier alpha value is -1.54. The molecular formula is C9H9N3O. The van der Waals surface area contributed by atoms with Crippen molar-refractivity contribution in [1.82, 2.24) is 9.97 Å². The van der Waals surface area contributed by atoms with E-state index in [-0.39, 0.29) is 0 Å². The molecule has 4 heteroatoms. The zero-order valence-corrected chi connectivity index (χ0v) is 7.32. The quantitative estimate of drug-likeness (QED) is 0.507. The van der Waals surface area contributed by atoms with Gasteiger partial charge in [0.1, 0.15) is 11.5 Å². The van der Waals surface area contributed by atoms with E-state index in [0.29, 0.717) is 11.6 Å². The van der Waals surface area contributed by atoms with Gasteiger partial charge in [-0.2, -0.15) is 4.99 Å². The first-order valence-electron chi connectivity index (χ1n) is 4.22. The Morgan fingerprint density at radius 3 is 3.00 bits per heavy atom. The summed E-state index contributed by atoms with van der Waals surface area (Å²) >= 11 is 0. The molecule has 13 heavy (non-hydrogen) atoms. The zero-order valence-electron chi connectivity index (χ0n) is 7.32. The van der Waals surface area contributed by atoms with E-state index < -0.39 is 0 Å².